The van der Waals surface area contributed by atoms with Crippen LogP contribution < -0.4 is 9.62 Å². The lowest BCUT2D eigenvalue weighted by Crippen LogP contribution is -2.52. The quantitative estimate of drug-likeness (QED) is 0.254. The van der Waals surface area contributed by atoms with Gasteiger partial charge in [-0.15, -0.1) is 0 Å². The lowest BCUT2D eigenvalue weighted by Gasteiger charge is -2.33. The van der Waals surface area contributed by atoms with Crippen LogP contribution in [0, 0.1) is 6.92 Å². The third-order valence-electron chi connectivity index (χ3n) is 6.63. The van der Waals surface area contributed by atoms with Gasteiger partial charge in [0.1, 0.15) is 6.04 Å². The van der Waals surface area contributed by atoms with E-state index < -0.39 is 16.1 Å². The SMILES string of the molecule is Cc1ccccc1N(CCCC(=O)N(Cc1c(Cl)cccc1Cl)[C@@H](Cc1ccccc1)C(=O)NC(C)C)S(C)(=O)=O. The van der Waals surface area contributed by atoms with Crippen molar-refractivity contribution >= 4 is 50.7 Å². The van der Waals surface area contributed by atoms with E-state index in [9.17, 15) is 18.0 Å². The Labute approximate surface area is 253 Å². The summed E-state index contributed by atoms with van der Waals surface area (Å²) in [6, 6.07) is 20.8. The van der Waals surface area contributed by atoms with Crippen molar-refractivity contribution in [2.45, 2.75) is 58.7 Å². The van der Waals surface area contributed by atoms with E-state index in [1.54, 1.807) is 30.3 Å². The molecule has 0 heterocycles. The molecule has 0 aliphatic rings. The summed E-state index contributed by atoms with van der Waals surface area (Å²) in [6.07, 6.45) is 1.70. The third-order valence-corrected chi connectivity index (χ3v) is 8.52. The molecule has 0 spiro atoms. The minimum atomic E-state index is -3.59. The van der Waals surface area contributed by atoms with Gasteiger partial charge in [0.15, 0.2) is 0 Å². The Balaban J connectivity index is 1.93. The largest absolute Gasteiger partial charge is 0.352 e. The Morgan fingerprint density at radius 2 is 1.51 bits per heavy atom. The first-order chi connectivity index (χ1) is 19.4. The highest BCUT2D eigenvalue weighted by Crippen LogP contribution is 2.28. The summed E-state index contributed by atoms with van der Waals surface area (Å²) < 4.78 is 26.6. The molecule has 0 radical (unpaired) electrons. The molecule has 0 bridgehead atoms. The molecule has 3 aromatic rings. The van der Waals surface area contributed by atoms with Crippen LogP contribution in [0.4, 0.5) is 5.69 Å². The molecule has 3 rings (SSSR count). The van der Waals surface area contributed by atoms with E-state index in [1.165, 1.54) is 9.21 Å². The normalized spacial score (nSPS) is 12.2. The maximum Gasteiger partial charge on any atom is 0.243 e. The minimum absolute atomic E-state index is 0.0141. The first kappa shape index (κ1) is 32.4. The van der Waals surface area contributed by atoms with Crippen molar-refractivity contribution in [3.63, 3.8) is 0 Å². The van der Waals surface area contributed by atoms with Gasteiger partial charge in [0, 0.05) is 47.6 Å². The highest BCUT2D eigenvalue weighted by atomic mass is 35.5. The molecule has 41 heavy (non-hydrogen) atoms. The van der Waals surface area contributed by atoms with Crippen molar-refractivity contribution < 1.29 is 18.0 Å². The fourth-order valence-electron chi connectivity index (χ4n) is 4.61. The van der Waals surface area contributed by atoms with Gasteiger partial charge in [-0.05, 0) is 56.5 Å². The van der Waals surface area contributed by atoms with Crippen molar-refractivity contribution in [1.29, 1.82) is 0 Å². The summed E-state index contributed by atoms with van der Waals surface area (Å²) in [6.45, 7) is 5.70. The van der Waals surface area contributed by atoms with Crippen LogP contribution in [0.2, 0.25) is 10.0 Å². The average Bonchev–Trinajstić information content (AvgIpc) is 2.90. The van der Waals surface area contributed by atoms with Crippen LogP contribution in [-0.2, 0) is 32.6 Å². The second kappa shape index (κ2) is 14.7. The maximum absolute atomic E-state index is 13.9. The van der Waals surface area contributed by atoms with Crippen LogP contribution in [-0.4, -0.2) is 50.0 Å². The predicted molar refractivity (Wildman–Crippen MR) is 167 cm³/mol. The summed E-state index contributed by atoms with van der Waals surface area (Å²) in [5.41, 5.74) is 2.81. The van der Waals surface area contributed by atoms with Gasteiger partial charge in [-0.1, -0.05) is 77.8 Å². The van der Waals surface area contributed by atoms with E-state index in [1.807, 2.05) is 63.2 Å². The molecule has 1 atom stereocenters. The number of carbonyl (C=O) groups is 2. The van der Waals surface area contributed by atoms with Gasteiger partial charge in [0.2, 0.25) is 21.8 Å². The fourth-order valence-corrected chi connectivity index (χ4v) is 6.15. The van der Waals surface area contributed by atoms with Crippen molar-refractivity contribution in [1.82, 2.24) is 10.2 Å². The summed E-state index contributed by atoms with van der Waals surface area (Å²) in [5.74, 6) is -0.600. The maximum atomic E-state index is 13.9. The molecule has 0 saturated carbocycles. The van der Waals surface area contributed by atoms with E-state index in [2.05, 4.69) is 5.32 Å². The molecule has 220 valence electrons. The Kier molecular flexibility index (Phi) is 11.6. The number of anilines is 1. The van der Waals surface area contributed by atoms with Crippen LogP contribution in [0.3, 0.4) is 0 Å². The molecule has 0 aromatic heterocycles. The zero-order valence-corrected chi connectivity index (χ0v) is 26.1. The zero-order valence-electron chi connectivity index (χ0n) is 23.8. The van der Waals surface area contributed by atoms with Crippen LogP contribution in [0.25, 0.3) is 0 Å². The molecule has 7 nitrogen and oxygen atoms in total. The summed E-state index contributed by atoms with van der Waals surface area (Å²) in [5, 5.41) is 3.73. The third kappa shape index (κ3) is 9.21. The number of aryl methyl sites for hydroxylation is 1. The Bertz CT molecular complexity index is 1430. The number of hydrogen-bond donors (Lipinski definition) is 1. The standard InChI is InChI=1S/C31H37Cl2N3O4S/c1-22(2)34-31(38)29(20-24-13-6-5-7-14-24)35(21-25-26(32)15-10-16-27(25)33)30(37)18-11-19-36(41(4,39)40)28-17-9-8-12-23(28)3/h5-10,12-17,22,29H,11,18-21H2,1-4H3,(H,34,38)/t29-/m0/s1. The Morgan fingerprint density at radius 3 is 2.10 bits per heavy atom. The molecule has 3 aromatic carbocycles. The number of carbonyl (C=O) groups excluding carboxylic acids is 2. The number of amides is 2. The van der Waals surface area contributed by atoms with Crippen LogP contribution in [0.15, 0.2) is 72.8 Å². The molecule has 10 heteroatoms. The second-order valence-corrected chi connectivity index (χ2v) is 13.0. The van der Waals surface area contributed by atoms with Gasteiger partial charge in [-0.3, -0.25) is 13.9 Å². The monoisotopic (exact) mass is 617 g/mol. The van der Waals surface area contributed by atoms with E-state index in [-0.39, 0.29) is 50.2 Å². The number of nitrogens with zero attached hydrogens (tertiary/aromatic N) is 2. The van der Waals surface area contributed by atoms with Gasteiger partial charge in [-0.25, -0.2) is 8.42 Å². The number of sulfonamides is 1. The molecular weight excluding hydrogens is 581 g/mol. The van der Waals surface area contributed by atoms with Crippen LogP contribution in [0.5, 0.6) is 0 Å². The lowest BCUT2D eigenvalue weighted by molar-refractivity contribution is -0.141. The molecule has 0 unspecified atom stereocenters. The summed E-state index contributed by atoms with van der Waals surface area (Å²) in [7, 11) is -3.59. The van der Waals surface area contributed by atoms with Gasteiger partial charge in [0.25, 0.3) is 0 Å². The summed E-state index contributed by atoms with van der Waals surface area (Å²) in [4.78, 5) is 29.0. The second-order valence-electron chi connectivity index (χ2n) is 10.3. The first-order valence-electron chi connectivity index (χ1n) is 13.5. The number of para-hydroxylation sites is 1. The zero-order chi connectivity index (χ0) is 30.2. The van der Waals surface area contributed by atoms with Crippen molar-refractivity contribution in [2.24, 2.45) is 0 Å². The molecule has 2 amide bonds. The number of nitrogens with one attached hydrogen (secondary N) is 1. The van der Waals surface area contributed by atoms with E-state index >= 15 is 0 Å². The smallest absolute Gasteiger partial charge is 0.243 e. The summed E-state index contributed by atoms with van der Waals surface area (Å²) >= 11 is 13.0. The average molecular weight is 619 g/mol. The van der Waals surface area contributed by atoms with E-state index in [0.29, 0.717) is 21.3 Å². The van der Waals surface area contributed by atoms with Gasteiger partial charge in [-0.2, -0.15) is 0 Å². The van der Waals surface area contributed by atoms with Gasteiger partial charge in [0.05, 0.1) is 11.9 Å². The number of benzene rings is 3. The van der Waals surface area contributed by atoms with Crippen LogP contribution in [0.1, 0.15) is 43.4 Å². The van der Waals surface area contributed by atoms with E-state index in [4.69, 9.17) is 23.2 Å². The minimum Gasteiger partial charge on any atom is -0.352 e. The first-order valence-corrected chi connectivity index (χ1v) is 16.1. The molecule has 0 aliphatic heterocycles. The molecule has 1 N–H and O–H groups in total. The molecule has 0 aliphatic carbocycles. The Hall–Kier alpha value is -3.07. The Morgan fingerprint density at radius 1 is 0.902 bits per heavy atom. The number of halogens is 2. The van der Waals surface area contributed by atoms with Gasteiger partial charge < -0.3 is 10.2 Å². The van der Waals surface area contributed by atoms with Crippen molar-refractivity contribution in [3.8, 4) is 0 Å². The molecule has 0 saturated heterocycles. The molecule has 0 fully saturated rings. The highest BCUT2D eigenvalue weighted by molar-refractivity contribution is 7.92. The number of rotatable bonds is 13. The molecular formula is C31H37Cl2N3O4S. The van der Waals surface area contributed by atoms with E-state index in [0.717, 1.165) is 17.4 Å². The van der Waals surface area contributed by atoms with Crippen molar-refractivity contribution in [3.05, 3.63) is 99.5 Å². The van der Waals surface area contributed by atoms with Crippen LogP contribution >= 0.6 is 23.2 Å². The predicted octanol–water partition coefficient (Wildman–Crippen LogP) is 6.01. The van der Waals surface area contributed by atoms with Crippen molar-refractivity contribution in [2.75, 3.05) is 17.1 Å². The topological polar surface area (TPSA) is 86.8 Å². The number of hydrogen-bond acceptors (Lipinski definition) is 4. The fraction of sp³-hybridized carbons (Fsp3) is 0.355. The highest BCUT2D eigenvalue weighted by Gasteiger charge is 2.32. The van der Waals surface area contributed by atoms with Gasteiger partial charge >= 0.3 is 0 Å². The lowest BCUT2D eigenvalue weighted by atomic mass is 10.0.